The van der Waals surface area contributed by atoms with Gasteiger partial charge in [-0.1, -0.05) is 0 Å². The van der Waals surface area contributed by atoms with Crippen molar-refractivity contribution in [2.45, 2.75) is 37.6 Å². The van der Waals surface area contributed by atoms with Crippen molar-refractivity contribution in [2.75, 3.05) is 0 Å². The Morgan fingerprint density at radius 1 is 0.875 bits per heavy atom. The lowest BCUT2D eigenvalue weighted by Gasteiger charge is -2.38. The van der Waals surface area contributed by atoms with Crippen molar-refractivity contribution in [1.82, 2.24) is 0 Å². The van der Waals surface area contributed by atoms with E-state index in [4.69, 9.17) is 13.9 Å². The third kappa shape index (κ3) is 3.56. The summed E-state index contributed by atoms with van der Waals surface area (Å²) in [4.78, 5) is 12.7. The van der Waals surface area contributed by atoms with Gasteiger partial charge >= 0.3 is 0 Å². The van der Waals surface area contributed by atoms with Crippen molar-refractivity contribution in [3.05, 3.63) is 40.6 Å². The van der Waals surface area contributed by atoms with Crippen LogP contribution in [0, 0.1) is 0 Å². The van der Waals surface area contributed by atoms with Crippen molar-refractivity contribution in [3.8, 4) is 40.1 Å². The van der Waals surface area contributed by atoms with Crippen molar-refractivity contribution in [2.24, 2.45) is 0 Å². The number of phenolic OH excluding ortho intramolecular Hbond substituents is 4. The van der Waals surface area contributed by atoms with E-state index in [2.05, 4.69) is 0 Å². The number of hydrogen-bond donors (Lipinski definition) is 7. The monoisotopic (exact) mass is 448 g/mol. The standard InChI is InChI=1S/C21H20O11/c1-7-16(26)18(28)19(29)21(30-7)32-20-12(25)6-14-15(17(20)27)11(24)5-13(31-14)8-2-3-9(22)10(23)4-8/h2-7,16,18-19,21-23,25-29H,1H3. The van der Waals surface area contributed by atoms with E-state index in [9.17, 15) is 40.5 Å². The second-order valence-corrected chi connectivity index (χ2v) is 7.42. The van der Waals surface area contributed by atoms with Gasteiger partial charge in [-0.3, -0.25) is 4.79 Å². The fourth-order valence-corrected chi connectivity index (χ4v) is 3.43. The molecule has 7 N–H and O–H groups in total. The highest BCUT2D eigenvalue weighted by molar-refractivity contribution is 5.89. The fraction of sp³-hybridized carbons (Fsp3) is 0.286. The second kappa shape index (κ2) is 7.88. The van der Waals surface area contributed by atoms with E-state index < -0.39 is 59.1 Å². The molecule has 0 amide bonds. The molecule has 0 saturated carbocycles. The van der Waals surface area contributed by atoms with E-state index in [1.165, 1.54) is 25.1 Å². The summed E-state index contributed by atoms with van der Waals surface area (Å²) in [5.74, 6) is -2.87. The number of benzene rings is 2. The van der Waals surface area contributed by atoms with Crippen LogP contribution in [-0.4, -0.2) is 66.5 Å². The number of aromatic hydroxyl groups is 4. The van der Waals surface area contributed by atoms with Gasteiger partial charge < -0.3 is 49.6 Å². The number of aliphatic hydroxyl groups is 3. The second-order valence-electron chi connectivity index (χ2n) is 7.42. The molecule has 32 heavy (non-hydrogen) atoms. The van der Waals surface area contributed by atoms with Crippen molar-refractivity contribution in [3.63, 3.8) is 0 Å². The zero-order valence-corrected chi connectivity index (χ0v) is 16.5. The minimum absolute atomic E-state index is 0.0118. The van der Waals surface area contributed by atoms with Crippen LogP contribution < -0.4 is 10.2 Å². The molecule has 2 heterocycles. The van der Waals surface area contributed by atoms with Crippen LogP contribution in [0.1, 0.15) is 6.92 Å². The first-order valence-corrected chi connectivity index (χ1v) is 9.50. The summed E-state index contributed by atoms with van der Waals surface area (Å²) >= 11 is 0. The van der Waals surface area contributed by atoms with Gasteiger partial charge in [0.15, 0.2) is 28.4 Å². The number of phenols is 4. The molecule has 1 aromatic heterocycles. The molecule has 0 bridgehead atoms. The van der Waals surface area contributed by atoms with E-state index in [0.29, 0.717) is 0 Å². The first-order chi connectivity index (χ1) is 15.1. The van der Waals surface area contributed by atoms with Crippen LogP contribution in [0.4, 0.5) is 0 Å². The van der Waals surface area contributed by atoms with E-state index in [1.54, 1.807) is 0 Å². The molecular weight excluding hydrogens is 428 g/mol. The van der Waals surface area contributed by atoms with Gasteiger partial charge in [-0.15, -0.1) is 0 Å². The molecular formula is C21H20O11. The van der Waals surface area contributed by atoms with Gasteiger partial charge in [-0.2, -0.15) is 0 Å². The maximum absolute atomic E-state index is 12.7. The van der Waals surface area contributed by atoms with Crippen LogP contribution in [0.3, 0.4) is 0 Å². The summed E-state index contributed by atoms with van der Waals surface area (Å²) in [7, 11) is 0. The zero-order chi connectivity index (χ0) is 23.3. The van der Waals surface area contributed by atoms with E-state index in [0.717, 1.165) is 12.1 Å². The molecule has 11 nitrogen and oxygen atoms in total. The molecule has 1 fully saturated rings. The quantitative estimate of drug-likeness (QED) is 0.276. The molecule has 1 saturated heterocycles. The third-order valence-electron chi connectivity index (χ3n) is 5.23. The Morgan fingerprint density at radius 3 is 2.28 bits per heavy atom. The number of ether oxygens (including phenoxy) is 2. The van der Waals surface area contributed by atoms with E-state index >= 15 is 0 Å². The predicted molar refractivity (Wildman–Crippen MR) is 108 cm³/mol. The lowest BCUT2D eigenvalue weighted by atomic mass is 10.00. The highest BCUT2D eigenvalue weighted by Crippen LogP contribution is 2.43. The van der Waals surface area contributed by atoms with E-state index in [-0.39, 0.29) is 28.0 Å². The van der Waals surface area contributed by atoms with E-state index in [1.807, 2.05) is 0 Å². The highest BCUT2D eigenvalue weighted by Gasteiger charge is 2.43. The molecule has 5 unspecified atom stereocenters. The first-order valence-electron chi connectivity index (χ1n) is 9.50. The smallest absolute Gasteiger partial charge is 0.229 e. The Hall–Kier alpha value is -3.51. The van der Waals surface area contributed by atoms with Gasteiger partial charge in [-0.25, -0.2) is 0 Å². The Balaban J connectivity index is 1.76. The van der Waals surface area contributed by atoms with Crippen LogP contribution in [-0.2, 0) is 4.74 Å². The predicted octanol–water partition coefficient (Wildman–Crippen LogP) is 0.489. The third-order valence-corrected chi connectivity index (χ3v) is 5.23. The largest absolute Gasteiger partial charge is 0.504 e. The summed E-state index contributed by atoms with van der Waals surface area (Å²) in [6.45, 7) is 1.42. The number of rotatable bonds is 3. The van der Waals surface area contributed by atoms with Gasteiger partial charge in [0.05, 0.1) is 6.10 Å². The minimum Gasteiger partial charge on any atom is -0.504 e. The SMILES string of the molecule is CC1OC(Oc2c(O)cc3oc(-c4ccc(O)c(O)c4)cc(=O)c3c2O)C(O)C(O)C1O. The van der Waals surface area contributed by atoms with Gasteiger partial charge in [0, 0.05) is 17.7 Å². The van der Waals surface area contributed by atoms with Crippen molar-refractivity contribution in [1.29, 1.82) is 0 Å². The number of aliphatic hydroxyl groups excluding tert-OH is 3. The molecule has 3 aromatic rings. The van der Waals surface area contributed by atoms with Gasteiger partial charge in [0.25, 0.3) is 0 Å². The minimum atomic E-state index is -1.71. The van der Waals surface area contributed by atoms with Crippen molar-refractivity contribution < 1.29 is 49.6 Å². The fourth-order valence-electron chi connectivity index (χ4n) is 3.43. The lowest BCUT2D eigenvalue weighted by molar-refractivity contribution is -0.268. The Morgan fingerprint density at radius 2 is 1.59 bits per heavy atom. The van der Waals surface area contributed by atoms with Gasteiger partial charge in [-0.05, 0) is 25.1 Å². The van der Waals surface area contributed by atoms with Crippen LogP contribution in [0.2, 0.25) is 0 Å². The molecule has 1 aliphatic rings. The molecule has 2 aromatic carbocycles. The van der Waals surface area contributed by atoms with Crippen LogP contribution in [0.25, 0.3) is 22.3 Å². The van der Waals surface area contributed by atoms with Gasteiger partial charge in [0.1, 0.15) is 35.0 Å². The maximum atomic E-state index is 12.7. The maximum Gasteiger partial charge on any atom is 0.229 e. The zero-order valence-electron chi connectivity index (χ0n) is 16.5. The Kier molecular flexibility index (Phi) is 5.34. The average Bonchev–Trinajstić information content (AvgIpc) is 2.74. The topological polar surface area (TPSA) is 190 Å². The molecule has 11 heteroatoms. The number of fused-ring (bicyclic) bond motifs is 1. The molecule has 5 atom stereocenters. The molecule has 0 radical (unpaired) electrons. The summed E-state index contributed by atoms with van der Waals surface area (Å²) in [6, 6.07) is 5.78. The molecule has 1 aliphatic heterocycles. The van der Waals surface area contributed by atoms with Crippen LogP contribution in [0.15, 0.2) is 39.5 Å². The first kappa shape index (κ1) is 21.7. The van der Waals surface area contributed by atoms with Gasteiger partial charge in [0.2, 0.25) is 12.0 Å². The van der Waals surface area contributed by atoms with Crippen molar-refractivity contribution >= 4 is 11.0 Å². The van der Waals surface area contributed by atoms with Crippen LogP contribution in [0.5, 0.6) is 28.7 Å². The molecule has 4 rings (SSSR count). The Labute approximate surface area is 179 Å². The lowest BCUT2D eigenvalue weighted by Crippen LogP contribution is -2.58. The van der Waals surface area contributed by atoms with Crippen LogP contribution >= 0.6 is 0 Å². The normalized spacial score (nSPS) is 25.7. The summed E-state index contributed by atoms with van der Waals surface area (Å²) < 4.78 is 16.2. The summed E-state index contributed by atoms with van der Waals surface area (Å²) in [6.07, 6.45) is -7.20. The molecule has 170 valence electrons. The molecule has 0 aliphatic carbocycles. The summed E-state index contributed by atoms with van der Waals surface area (Å²) in [5, 5.41) is 69.5. The highest BCUT2D eigenvalue weighted by atomic mass is 16.7. The average molecular weight is 448 g/mol. The number of hydrogen-bond acceptors (Lipinski definition) is 11. The Bertz CT molecular complexity index is 1230. The summed E-state index contributed by atoms with van der Waals surface area (Å²) in [5.41, 5.74) is -0.680. The molecule has 0 spiro atoms.